The molecule has 0 fully saturated rings. The standard InChI is InChI=1S/C37H24N6O/c1-3-14-32-29(12-1)30-18-17-28(22-34(30)43(32)36-16-5-6-20-39-36)44-27-11-7-9-25(21-27)41-24-35-37(40-41)31-13-2-4-15-33(31)42(35)26-10-8-19-38-23-26/h1-24H. The molecular formula is C37H24N6O. The third kappa shape index (κ3) is 3.80. The number of nitrogens with zero attached hydrogens (tertiary/aromatic N) is 6. The molecule has 0 atom stereocenters. The van der Waals surface area contributed by atoms with E-state index in [0.717, 1.165) is 67.0 Å². The van der Waals surface area contributed by atoms with Crippen LogP contribution in [-0.4, -0.2) is 28.9 Å². The molecule has 7 heteroatoms. The smallest absolute Gasteiger partial charge is 0.137 e. The van der Waals surface area contributed by atoms with Gasteiger partial charge in [-0.15, -0.1) is 0 Å². The van der Waals surface area contributed by atoms with Crippen molar-refractivity contribution in [2.75, 3.05) is 0 Å². The lowest BCUT2D eigenvalue weighted by Gasteiger charge is -2.10. The highest BCUT2D eigenvalue weighted by Crippen LogP contribution is 2.36. The zero-order valence-electron chi connectivity index (χ0n) is 23.4. The maximum Gasteiger partial charge on any atom is 0.137 e. The van der Waals surface area contributed by atoms with E-state index in [1.807, 2.05) is 77.7 Å². The summed E-state index contributed by atoms with van der Waals surface area (Å²) in [5, 5.41) is 8.44. The van der Waals surface area contributed by atoms with Crippen molar-refractivity contribution < 1.29 is 4.74 Å². The highest BCUT2D eigenvalue weighted by atomic mass is 16.5. The second kappa shape index (κ2) is 9.68. The first-order valence-corrected chi connectivity index (χ1v) is 14.4. The summed E-state index contributed by atoms with van der Waals surface area (Å²) in [5.41, 5.74) is 7.09. The molecule has 0 aliphatic carbocycles. The molecule has 0 spiro atoms. The van der Waals surface area contributed by atoms with Gasteiger partial charge in [-0.25, -0.2) is 9.67 Å². The highest BCUT2D eigenvalue weighted by molar-refractivity contribution is 6.09. The molecule has 44 heavy (non-hydrogen) atoms. The molecule has 0 unspecified atom stereocenters. The average molecular weight is 569 g/mol. The molecule has 0 saturated heterocycles. The van der Waals surface area contributed by atoms with Crippen LogP contribution in [0.15, 0.2) is 146 Å². The van der Waals surface area contributed by atoms with E-state index in [-0.39, 0.29) is 0 Å². The van der Waals surface area contributed by atoms with Crippen molar-refractivity contribution in [3.8, 4) is 28.7 Å². The molecule has 0 N–H and O–H groups in total. The summed E-state index contributed by atoms with van der Waals surface area (Å²) >= 11 is 0. The van der Waals surface area contributed by atoms with E-state index in [9.17, 15) is 0 Å². The van der Waals surface area contributed by atoms with Crippen molar-refractivity contribution in [1.29, 1.82) is 0 Å². The summed E-state index contributed by atoms with van der Waals surface area (Å²) in [6.45, 7) is 0. The van der Waals surface area contributed by atoms with E-state index in [2.05, 4.69) is 86.0 Å². The Kier molecular flexibility index (Phi) is 5.36. The Hall–Kier alpha value is -6.21. The van der Waals surface area contributed by atoms with Crippen LogP contribution >= 0.6 is 0 Å². The summed E-state index contributed by atoms with van der Waals surface area (Å²) in [6.07, 6.45) is 7.55. The van der Waals surface area contributed by atoms with E-state index in [1.54, 1.807) is 6.20 Å². The summed E-state index contributed by atoms with van der Waals surface area (Å²) in [4.78, 5) is 9.00. The molecule has 208 valence electrons. The molecule has 0 aliphatic heterocycles. The number of rotatable bonds is 5. The van der Waals surface area contributed by atoms with E-state index in [1.165, 1.54) is 5.39 Å². The van der Waals surface area contributed by atoms with Crippen LogP contribution in [0, 0.1) is 0 Å². The molecule has 7 nitrogen and oxygen atoms in total. The Morgan fingerprint density at radius 3 is 2.14 bits per heavy atom. The van der Waals surface area contributed by atoms with Crippen molar-refractivity contribution >= 4 is 43.7 Å². The van der Waals surface area contributed by atoms with Crippen LogP contribution in [0.2, 0.25) is 0 Å². The van der Waals surface area contributed by atoms with Crippen molar-refractivity contribution in [2.24, 2.45) is 0 Å². The maximum absolute atomic E-state index is 6.47. The lowest BCUT2D eigenvalue weighted by molar-refractivity contribution is 0.483. The van der Waals surface area contributed by atoms with Gasteiger partial charge in [0, 0.05) is 40.7 Å². The fraction of sp³-hybridized carbons (Fsp3) is 0. The van der Waals surface area contributed by atoms with E-state index in [4.69, 9.17) is 9.84 Å². The number of benzene rings is 4. The summed E-state index contributed by atoms with van der Waals surface area (Å²) < 4.78 is 12.8. The number of pyridine rings is 2. The van der Waals surface area contributed by atoms with E-state index >= 15 is 0 Å². The van der Waals surface area contributed by atoms with Gasteiger partial charge in [0.15, 0.2) is 0 Å². The Morgan fingerprint density at radius 2 is 1.30 bits per heavy atom. The largest absolute Gasteiger partial charge is 0.457 e. The van der Waals surface area contributed by atoms with Gasteiger partial charge in [0.2, 0.25) is 0 Å². The minimum atomic E-state index is 0.725. The first-order chi connectivity index (χ1) is 21.8. The second-order valence-corrected chi connectivity index (χ2v) is 10.7. The summed E-state index contributed by atoms with van der Waals surface area (Å²) in [7, 11) is 0. The van der Waals surface area contributed by atoms with Crippen LogP contribution in [0.1, 0.15) is 0 Å². The van der Waals surface area contributed by atoms with Gasteiger partial charge in [0.1, 0.15) is 22.8 Å². The Morgan fingerprint density at radius 1 is 0.523 bits per heavy atom. The van der Waals surface area contributed by atoms with Crippen LogP contribution in [0.4, 0.5) is 0 Å². The van der Waals surface area contributed by atoms with Gasteiger partial charge in [-0.2, -0.15) is 5.10 Å². The molecule has 0 bridgehead atoms. The molecule has 4 aromatic carbocycles. The average Bonchev–Trinajstić information content (AvgIpc) is 3.74. The number of hydrogen-bond donors (Lipinski definition) is 0. The SMILES string of the molecule is c1ccc(-n2c3ccccc3c3ccc(Oc4cccc(-n5cc6c(n5)c5ccccc5n6-c5cccnc5)c4)cc32)nc1. The highest BCUT2D eigenvalue weighted by Gasteiger charge is 2.17. The van der Waals surface area contributed by atoms with Gasteiger partial charge in [-0.05, 0) is 60.7 Å². The predicted molar refractivity (Wildman–Crippen MR) is 174 cm³/mol. The third-order valence-corrected chi connectivity index (χ3v) is 8.08. The van der Waals surface area contributed by atoms with E-state index in [0.29, 0.717) is 0 Å². The van der Waals surface area contributed by atoms with Gasteiger partial charge in [-0.1, -0.05) is 48.5 Å². The van der Waals surface area contributed by atoms with Crippen molar-refractivity contribution in [1.82, 2.24) is 28.9 Å². The lowest BCUT2D eigenvalue weighted by Crippen LogP contribution is -1.97. The topological polar surface area (TPSA) is 62.7 Å². The molecule has 9 rings (SSSR count). The van der Waals surface area contributed by atoms with Gasteiger partial charge in [0.05, 0.1) is 45.8 Å². The molecule has 5 heterocycles. The molecule has 0 radical (unpaired) electrons. The quantitative estimate of drug-likeness (QED) is 0.208. The fourth-order valence-electron chi connectivity index (χ4n) is 6.19. The van der Waals surface area contributed by atoms with Crippen LogP contribution in [-0.2, 0) is 0 Å². The zero-order valence-corrected chi connectivity index (χ0v) is 23.4. The van der Waals surface area contributed by atoms with Gasteiger partial charge < -0.3 is 9.30 Å². The third-order valence-electron chi connectivity index (χ3n) is 8.08. The van der Waals surface area contributed by atoms with Crippen LogP contribution in [0.25, 0.3) is 60.9 Å². The van der Waals surface area contributed by atoms with Crippen LogP contribution in [0.5, 0.6) is 11.5 Å². The monoisotopic (exact) mass is 568 g/mol. The normalized spacial score (nSPS) is 11.6. The number of ether oxygens (including phenoxy) is 1. The van der Waals surface area contributed by atoms with Crippen LogP contribution in [0.3, 0.4) is 0 Å². The first kappa shape index (κ1) is 24.4. The number of hydrogen-bond acceptors (Lipinski definition) is 4. The number of fused-ring (bicyclic) bond motifs is 6. The van der Waals surface area contributed by atoms with Crippen LogP contribution < -0.4 is 4.74 Å². The lowest BCUT2D eigenvalue weighted by atomic mass is 10.1. The molecule has 0 saturated carbocycles. The Labute approximate surface area is 251 Å². The Bertz CT molecular complexity index is 2470. The molecule has 5 aromatic heterocycles. The zero-order chi connectivity index (χ0) is 29.0. The summed E-state index contributed by atoms with van der Waals surface area (Å²) in [6, 6.07) is 41.0. The number of aromatic nitrogens is 6. The molecule has 0 aliphatic rings. The van der Waals surface area contributed by atoms with Gasteiger partial charge in [-0.3, -0.25) is 9.55 Å². The second-order valence-electron chi connectivity index (χ2n) is 10.7. The minimum absolute atomic E-state index is 0.725. The number of para-hydroxylation sites is 2. The van der Waals surface area contributed by atoms with Crippen molar-refractivity contribution in [3.63, 3.8) is 0 Å². The van der Waals surface area contributed by atoms with Gasteiger partial charge >= 0.3 is 0 Å². The molecule has 0 amide bonds. The van der Waals surface area contributed by atoms with E-state index < -0.39 is 0 Å². The Balaban J connectivity index is 1.13. The van der Waals surface area contributed by atoms with Crippen molar-refractivity contribution in [2.45, 2.75) is 0 Å². The van der Waals surface area contributed by atoms with Gasteiger partial charge in [0.25, 0.3) is 0 Å². The minimum Gasteiger partial charge on any atom is -0.457 e. The predicted octanol–water partition coefficient (Wildman–Crippen LogP) is 8.65. The van der Waals surface area contributed by atoms with Crippen molar-refractivity contribution in [3.05, 3.63) is 146 Å². The molecule has 9 aromatic rings. The fourth-order valence-corrected chi connectivity index (χ4v) is 6.19. The summed E-state index contributed by atoms with van der Waals surface area (Å²) in [5.74, 6) is 2.34. The molecular weight excluding hydrogens is 544 g/mol. The maximum atomic E-state index is 6.47. The first-order valence-electron chi connectivity index (χ1n) is 14.4.